The van der Waals surface area contributed by atoms with Crippen LogP contribution in [-0.4, -0.2) is 17.6 Å². The molecule has 0 fully saturated rings. The molecule has 28 heavy (non-hydrogen) atoms. The van der Waals surface area contributed by atoms with Gasteiger partial charge in [-0.2, -0.15) is 0 Å². The Kier molecular flexibility index (Phi) is 5.21. The fraction of sp³-hybridized carbons (Fsp3) is 0.227. The van der Waals surface area contributed by atoms with Gasteiger partial charge in [0.15, 0.2) is 5.78 Å². The van der Waals surface area contributed by atoms with Crippen LogP contribution in [0.4, 0.5) is 0 Å². The molecule has 3 aromatic rings. The smallest absolute Gasteiger partial charge is 0.279 e. The molecule has 0 bridgehead atoms. The first kappa shape index (κ1) is 18.4. The van der Waals surface area contributed by atoms with Crippen LogP contribution < -0.4 is 10.9 Å². The van der Waals surface area contributed by atoms with E-state index in [0.29, 0.717) is 10.4 Å². The molecule has 1 aliphatic rings. The van der Waals surface area contributed by atoms with Crippen molar-refractivity contribution >= 4 is 39.7 Å². The molecule has 2 aromatic carbocycles. The first-order valence-corrected chi connectivity index (χ1v) is 10.1. The number of benzene rings is 2. The van der Waals surface area contributed by atoms with E-state index in [2.05, 4.69) is 10.9 Å². The largest absolute Gasteiger partial charge is 0.294 e. The van der Waals surface area contributed by atoms with E-state index in [1.54, 1.807) is 6.07 Å². The molecule has 0 radical (unpaired) electrons. The number of amides is 2. The number of hydrogen-bond acceptors (Lipinski definition) is 4. The van der Waals surface area contributed by atoms with Gasteiger partial charge in [-0.25, -0.2) is 0 Å². The van der Waals surface area contributed by atoms with Crippen LogP contribution in [0.2, 0.25) is 0 Å². The maximum atomic E-state index is 12.4. The lowest BCUT2D eigenvalue weighted by Gasteiger charge is -2.07. The Bertz CT molecular complexity index is 1050. The lowest BCUT2D eigenvalue weighted by atomic mass is 10.0. The minimum absolute atomic E-state index is 0.0207. The van der Waals surface area contributed by atoms with E-state index in [-0.39, 0.29) is 30.4 Å². The highest BCUT2D eigenvalue weighted by Gasteiger charge is 2.19. The maximum Gasteiger partial charge on any atom is 0.279 e. The SMILES string of the molecule is O=C(CCC(=O)c1ccc2ccccc2c1)NNC(=O)c1cc2c(s1)CCC2. The monoisotopic (exact) mass is 392 g/mol. The summed E-state index contributed by atoms with van der Waals surface area (Å²) in [5.41, 5.74) is 6.66. The Morgan fingerprint density at radius 1 is 0.893 bits per heavy atom. The van der Waals surface area contributed by atoms with Crippen LogP contribution in [0.25, 0.3) is 10.8 Å². The quantitative estimate of drug-likeness (QED) is 0.512. The molecule has 0 unspecified atom stereocenters. The van der Waals surface area contributed by atoms with Gasteiger partial charge < -0.3 is 0 Å². The van der Waals surface area contributed by atoms with Gasteiger partial charge in [0.05, 0.1) is 4.88 Å². The van der Waals surface area contributed by atoms with Crippen molar-refractivity contribution in [1.82, 2.24) is 10.9 Å². The molecule has 1 aliphatic carbocycles. The molecule has 6 heteroatoms. The standard InChI is InChI=1S/C22H20N2O3S/c25-18(16-9-8-14-4-1-2-5-15(14)12-16)10-11-21(26)23-24-22(27)20-13-17-6-3-7-19(17)28-20/h1-2,4-5,8-9,12-13H,3,6-7,10-11H2,(H,23,26)(H,24,27). The topological polar surface area (TPSA) is 75.3 Å². The number of hydrazine groups is 1. The van der Waals surface area contributed by atoms with Crippen molar-refractivity contribution in [3.05, 3.63) is 69.4 Å². The van der Waals surface area contributed by atoms with E-state index in [1.165, 1.54) is 21.8 Å². The zero-order chi connectivity index (χ0) is 19.5. The Balaban J connectivity index is 1.27. The zero-order valence-corrected chi connectivity index (χ0v) is 16.1. The normalized spacial score (nSPS) is 12.6. The Morgan fingerprint density at radius 3 is 2.54 bits per heavy atom. The molecule has 5 nitrogen and oxygen atoms in total. The van der Waals surface area contributed by atoms with Gasteiger partial charge in [0.25, 0.3) is 5.91 Å². The summed E-state index contributed by atoms with van der Waals surface area (Å²) in [7, 11) is 0. The third kappa shape index (κ3) is 3.97. The summed E-state index contributed by atoms with van der Waals surface area (Å²) >= 11 is 1.48. The molecule has 0 atom stereocenters. The number of carbonyl (C=O) groups is 3. The molecule has 0 saturated carbocycles. The number of fused-ring (bicyclic) bond motifs is 2. The summed E-state index contributed by atoms with van der Waals surface area (Å²) in [4.78, 5) is 38.4. The van der Waals surface area contributed by atoms with E-state index in [1.807, 2.05) is 42.5 Å². The average Bonchev–Trinajstić information content (AvgIpc) is 3.32. The Morgan fingerprint density at radius 2 is 1.71 bits per heavy atom. The molecule has 142 valence electrons. The van der Waals surface area contributed by atoms with Crippen LogP contribution in [0.1, 0.15) is 49.7 Å². The second kappa shape index (κ2) is 7.94. The van der Waals surface area contributed by atoms with Gasteiger partial charge in [-0.05, 0) is 47.7 Å². The second-order valence-electron chi connectivity index (χ2n) is 6.90. The van der Waals surface area contributed by atoms with Crippen molar-refractivity contribution < 1.29 is 14.4 Å². The van der Waals surface area contributed by atoms with E-state index in [9.17, 15) is 14.4 Å². The second-order valence-corrected chi connectivity index (χ2v) is 8.04. The predicted octanol–water partition coefficient (Wildman–Crippen LogP) is 3.81. The number of carbonyl (C=O) groups excluding carboxylic acids is 3. The van der Waals surface area contributed by atoms with Crippen molar-refractivity contribution in [2.45, 2.75) is 32.1 Å². The summed E-state index contributed by atoms with van der Waals surface area (Å²) in [6.07, 6.45) is 3.30. The number of aryl methyl sites for hydroxylation is 2. The lowest BCUT2D eigenvalue weighted by Crippen LogP contribution is -2.41. The number of rotatable bonds is 5. The third-order valence-corrected chi connectivity index (χ3v) is 6.17. The number of thiophene rings is 1. The highest BCUT2D eigenvalue weighted by Crippen LogP contribution is 2.30. The fourth-order valence-electron chi connectivity index (χ4n) is 3.43. The van der Waals surface area contributed by atoms with E-state index >= 15 is 0 Å². The van der Waals surface area contributed by atoms with E-state index in [4.69, 9.17) is 0 Å². The van der Waals surface area contributed by atoms with Gasteiger partial charge in [0.2, 0.25) is 5.91 Å². The van der Waals surface area contributed by atoms with Crippen LogP contribution >= 0.6 is 11.3 Å². The van der Waals surface area contributed by atoms with Crippen LogP contribution in [0.3, 0.4) is 0 Å². The molecule has 0 aliphatic heterocycles. The molecule has 1 aromatic heterocycles. The van der Waals surface area contributed by atoms with E-state index in [0.717, 1.165) is 30.0 Å². The van der Waals surface area contributed by atoms with Crippen molar-refractivity contribution in [3.8, 4) is 0 Å². The fourth-order valence-corrected chi connectivity index (χ4v) is 4.57. The zero-order valence-electron chi connectivity index (χ0n) is 15.3. The number of hydrogen-bond donors (Lipinski definition) is 2. The number of ketones is 1. The number of nitrogens with one attached hydrogen (secondary N) is 2. The minimum Gasteiger partial charge on any atom is -0.294 e. The van der Waals surface area contributed by atoms with Crippen LogP contribution in [0.5, 0.6) is 0 Å². The molecule has 0 saturated heterocycles. The highest BCUT2D eigenvalue weighted by molar-refractivity contribution is 7.14. The van der Waals surface area contributed by atoms with E-state index < -0.39 is 0 Å². The van der Waals surface area contributed by atoms with Crippen molar-refractivity contribution in [2.24, 2.45) is 0 Å². The van der Waals surface area contributed by atoms with Gasteiger partial charge in [-0.15, -0.1) is 11.3 Å². The minimum atomic E-state index is -0.383. The van der Waals surface area contributed by atoms with Gasteiger partial charge in [0, 0.05) is 23.3 Å². The van der Waals surface area contributed by atoms with Crippen molar-refractivity contribution in [1.29, 1.82) is 0 Å². The summed E-state index contributed by atoms with van der Waals surface area (Å²) in [5.74, 6) is -0.790. The molecule has 2 N–H and O–H groups in total. The summed E-state index contributed by atoms with van der Waals surface area (Å²) in [5, 5.41) is 2.06. The first-order chi connectivity index (χ1) is 13.6. The van der Waals surface area contributed by atoms with Gasteiger partial charge in [-0.3, -0.25) is 25.2 Å². The molecular formula is C22H20N2O3S. The lowest BCUT2D eigenvalue weighted by molar-refractivity contribution is -0.121. The highest BCUT2D eigenvalue weighted by atomic mass is 32.1. The summed E-state index contributed by atoms with van der Waals surface area (Å²) < 4.78 is 0. The molecule has 0 spiro atoms. The molecular weight excluding hydrogens is 372 g/mol. The first-order valence-electron chi connectivity index (χ1n) is 9.33. The van der Waals surface area contributed by atoms with Crippen LogP contribution in [0, 0.1) is 0 Å². The Labute approximate surface area is 166 Å². The van der Waals surface area contributed by atoms with Gasteiger partial charge >= 0.3 is 0 Å². The maximum absolute atomic E-state index is 12.4. The summed E-state index contributed by atoms with van der Waals surface area (Å²) in [6, 6.07) is 15.2. The van der Waals surface area contributed by atoms with Crippen LogP contribution in [-0.2, 0) is 17.6 Å². The molecule has 2 amide bonds. The van der Waals surface area contributed by atoms with Gasteiger partial charge in [0.1, 0.15) is 0 Å². The third-order valence-electron chi connectivity index (χ3n) is 4.94. The molecule has 4 rings (SSSR count). The van der Waals surface area contributed by atoms with Crippen LogP contribution in [0.15, 0.2) is 48.5 Å². The Hall–Kier alpha value is -2.99. The number of Topliss-reactive ketones (excluding diaryl/α,β-unsaturated/α-hetero) is 1. The van der Waals surface area contributed by atoms with Crippen molar-refractivity contribution in [3.63, 3.8) is 0 Å². The van der Waals surface area contributed by atoms with Gasteiger partial charge in [-0.1, -0.05) is 36.4 Å². The average molecular weight is 392 g/mol. The molecule has 1 heterocycles. The van der Waals surface area contributed by atoms with Crippen molar-refractivity contribution in [2.75, 3.05) is 0 Å². The summed E-state index contributed by atoms with van der Waals surface area (Å²) in [6.45, 7) is 0. The predicted molar refractivity (Wildman–Crippen MR) is 109 cm³/mol.